The summed E-state index contributed by atoms with van der Waals surface area (Å²) in [4.78, 5) is 22.6. The molecule has 0 N–H and O–H groups in total. The number of benzene rings is 1. The number of nitro groups is 1. The summed E-state index contributed by atoms with van der Waals surface area (Å²) in [7, 11) is 0. The SMILES string of the molecule is CC(C)[C@H]1CC[C@H](C)C[C@@H]1OC(=O)c1cccc([N+](=O)[O-])c1. The van der Waals surface area contributed by atoms with Gasteiger partial charge in [0, 0.05) is 12.1 Å². The number of nitro benzene ring substituents is 1. The van der Waals surface area contributed by atoms with Crippen LogP contribution in [0, 0.1) is 27.9 Å². The van der Waals surface area contributed by atoms with Crippen molar-refractivity contribution in [3.8, 4) is 0 Å². The molecule has 120 valence electrons. The summed E-state index contributed by atoms with van der Waals surface area (Å²) in [5.74, 6) is 0.889. The molecule has 0 spiro atoms. The van der Waals surface area contributed by atoms with Crippen LogP contribution in [0.4, 0.5) is 5.69 Å². The molecule has 1 fully saturated rings. The Balaban J connectivity index is 2.12. The van der Waals surface area contributed by atoms with E-state index < -0.39 is 10.9 Å². The van der Waals surface area contributed by atoms with Gasteiger partial charge in [-0.2, -0.15) is 0 Å². The first kappa shape index (κ1) is 16.5. The van der Waals surface area contributed by atoms with E-state index in [1.807, 2.05) is 0 Å². The molecule has 0 radical (unpaired) electrons. The molecule has 1 aliphatic carbocycles. The fourth-order valence-corrected chi connectivity index (χ4v) is 3.20. The van der Waals surface area contributed by atoms with Crippen molar-refractivity contribution >= 4 is 11.7 Å². The van der Waals surface area contributed by atoms with E-state index in [1.54, 1.807) is 6.07 Å². The standard InChI is InChI=1S/C17H23NO4/c1-11(2)15-8-7-12(3)9-16(15)22-17(19)13-5-4-6-14(10-13)18(20)21/h4-6,10-12,15-16H,7-9H2,1-3H3/t12-,15+,16-/m0/s1. The van der Waals surface area contributed by atoms with Gasteiger partial charge in [0.25, 0.3) is 5.69 Å². The van der Waals surface area contributed by atoms with Crippen LogP contribution in [0.5, 0.6) is 0 Å². The summed E-state index contributed by atoms with van der Waals surface area (Å²) in [6.07, 6.45) is 2.98. The van der Waals surface area contributed by atoms with Crippen molar-refractivity contribution in [2.45, 2.75) is 46.1 Å². The van der Waals surface area contributed by atoms with Crippen molar-refractivity contribution in [3.63, 3.8) is 0 Å². The number of hydrogen-bond donors (Lipinski definition) is 0. The Bertz CT molecular complexity index is 555. The van der Waals surface area contributed by atoms with Crippen LogP contribution in [-0.2, 0) is 4.74 Å². The Kier molecular flexibility index (Phi) is 5.16. The lowest BCUT2D eigenvalue weighted by molar-refractivity contribution is -0.384. The highest BCUT2D eigenvalue weighted by molar-refractivity contribution is 5.90. The molecule has 2 rings (SSSR count). The van der Waals surface area contributed by atoms with Crippen LogP contribution in [0.25, 0.3) is 0 Å². The maximum Gasteiger partial charge on any atom is 0.338 e. The molecule has 0 aliphatic heterocycles. The van der Waals surface area contributed by atoms with Gasteiger partial charge in [-0.1, -0.05) is 33.3 Å². The van der Waals surface area contributed by atoms with Gasteiger partial charge >= 0.3 is 5.97 Å². The maximum atomic E-state index is 12.3. The fourth-order valence-electron chi connectivity index (χ4n) is 3.20. The molecule has 0 saturated heterocycles. The summed E-state index contributed by atoms with van der Waals surface area (Å²) >= 11 is 0. The lowest BCUT2D eigenvalue weighted by atomic mass is 9.75. The Hall–Kier alpha value is -1.91. The minimum absolute atomic E-state index is 0.0909. The molecule has 0 amide bonds. The zero-order valence-corrected chi connectivity index (χ0v) is 13.3. The number of carbonyl (C=O) groups excluding carboxylic acids is 1. The predicted molar refractivity (Wildman–Crippen MR) is 83.6 cm³/mol. The van der Waals surface area contributed by atoms with E-state index in [4.69, 9.17) is 4.74 Å². The van der Waals surface area contributed by atoms with Crippen molar-refractivity contribution in [1.82, 2.24) is 0 Å². The zero-order chi connectivity index (χ0) is 16.3. The van der Waals surface area contributed by atoms with Crippen LogP contribution in [0.1, 0.15) is 50.4 Å². The topological polar surface area (TPSA) is 69.4 Å². The highest BCUT2D eigenvalue weighted by atomic mass is 16.6. The van der Waals surface area contributed by atoms with Crippen LogP contribution >= 0.6 is 0 Å². The monoisotopic (exact) mass is 305 g/mol. The second-order valence-corrected chi connectivity index (χ2v) is 6.58. The van der Waals surface area contributed by atoms with Crippen molar-refractivity contribution in [2.75, 3.05) is 0 Å². The van der Waals surface area contributed by atoms with Crippen LogP contribution in [0.3, 0.4) is 0 Å². The van der Waals surface area contributed by atoms with Gasteiger partial charge in [0.2, 0.25) is 0 Å². The number of ether oxygens (including phenoxy) is 1. The minimum Gasteiger partial charge on any atom is -0.458 e. The van der Waals surface area contributed by atoms with E-state index in [0.717, 1.165) is 19.3 Å². The van der Waals surface area contributed by atoms with Crippen LogP contribution in [-0.4, -0.2) is 17.0 Å². The largest absolute Gasteiger partial charge is 0.458 e. The third-order valence-electron chi connectivity index (χ3n) is 4.51. The summed E-state index contributed by atoms with van der Waals surface area (Å²) in [6.45, 7) is 6.47. The fraction of sp³-hybridized carbons (Fsp3) is 0.588. The molecule has 0 unspecified atom stereocenters. The predicted octanol–water partition coefficient (Wildman–Crippen LogP) is 4.21. The molecule has 5 nitrogen and oxygen atoms in total. The molecule has 22 heavy (non-hydrogen) atoms. The number of hydrogen-bond acceptors (Lipinski definition) is 4. The van der Waals surface area contributed by atoms with E-state index in [1.165, 1.54) is 18.2 Å². The van der Waals surface area contributed by atoms with Crippen LogP contribution in [0.15, 0.2) is 24.3 Å². The molecule has 0 bridgehead atoms. The van der Waals surface area contributed by atoms with Gasteiger partial charge in [0.05, 0.1) is 10.5 Å². The highest BCUT2D eigenvalue weighted by Gasteiger charge is 2.33. The van der Waals surface area contributed by atoms with Crippen molar-refractivity contribution in [2.24, 2.45) is 17.8 Å². The zero-order valence-electron chi connectivity index (χ0n) is 13.3. The third kappa shape index (κ3) is 3.84. The molecular weight excluding hydrogens is 282 g/mol. The van der Waals surface area contributed by atoms with Gasteiger partial charge in [0.1, 0.15) is 6.10 Å². The Morgan fingerprint density at radius 2 is 2.09 bits per heavy atom. The van der Waals surface area contributed by atoms with Gasteiger partial charge in [-0.25, -0.2) is 4.79 Å². The lowest BCUT2D eigenvalue weighted by Crippen LogP contribution is -2.35. The molecule has 0 heterocycles. The van der Waals surface area contributed by atoms with Gasteiger partial charge < -0.3 is 4.74 Å². The number of nitrogens with zero attached hydrogens (tertiary/aromatic N) is 1. The molecule has 3 atom stereocenters. The number of esters is 1. The van der Waals surface area contributed by atoms with Gasteiger partial charge in [-0.05, 0) is 36.7 Å². The smallest absolute Gasteiger partial charge is 0.338 e. The minimum atomic E-state index is -0.504. The normalized spacial score (nSPS) is 25.0. The van der Waals surface area contributed by atoms with E-state index in [-0.39, 0.29) is 17.4 Å². The van der Waals surface area contributed by atoms with Crippen LogP contribution in [0.2, 0.25) is 0 Å². The molecular formula is C17H23NO4. The molecule has 1 aliphatic rings. The Labute approximate surface area is 130 Å². The van der Waals surface area contributed by atoms with E-state index in [0.29, 0.717) is 17.8 Å². The number of carbonyl (C=O) groups is 1. The number of non-ortho nitro benzene ring substituents is 1. The van der Waals surface area contributed by atoms with Crippen molar-refractivity contribution in [1.29, 1.82) is 0 Å². The summed E-state index contributed by atoms with van der Waals surface area (Å²) in [6, 6.07) is 5.72. The molecule has 1 aromatic carbocycles. The molecule has 5 heteroatoms. The van der Waals surface area contributed by atoms with E-state index >= 15 is 0 Å². The quantitative estimate of drug-likeness (QED) is 0.474. The second-order valence-electron chi connectivity index (χ2n) is 6.58. The first-order chi connectivity index (χ1) is 10.4. The van der Waals surface area contributed by atoms with Gasteiger partial charge in [0.15, 0.2) is 0 Å². The summed E-state index contributed by atoms with van der Waals surface area (Å²) in [5, 5.41) is 10.8. The first-order valence-corrected chi connectivity index (χ1v) is 7.84. The lowest BCUT2D eigenvalue weighted by Gasteiger charge is -2.36. The summed E-state index contributed by atoms with van der Waals surface area (Å²) in [5.41, 5.74) is 0.154. The molecule has 1 aromatic rings. The Morgan fingerprint density at radius 3 is 2.73 bits per heavy atom. The highest BCUT2D eigenvalue weighted by Crippen LogP contribution is 2.35. The number of rotatable bonds is 4. The van der Waals surface area contributed by atoms with Crippen LogP contribution < -0.4 is 0 Å². The second kappa shape index (κ2) is 6.90. The third-order valence-corrected chi connectivity index (χ3v) is 4.51. The summed E-state index contributed by atoms with van der Waals surface area (Å²) < 4.78 is 5.69. The molecule has 1 saturated carbocycles. The first-order valence-electron chi connectivity index (χ1n) is 7.84. The average molecular weight is 305 g/mol. The van der Waals surface area contributed by atoms with Gasteiger partial charge in [-0.3, -0.25) is 10.1 Å². The van der Waals surface area contributed by atoms with Crippen molar-refractivity contribution < 1.29 is 14.5 Å². The van der Waals surface area contributed by atoms with Crippen molar-refractivity contribution in [3.05, 3.63) is 39.9 Å². The van der Waals surface area contributed by atoms with E-state index in [2.05, 4.69) is 20.8 Å². The maximum absolute atomic E-state index is 12.3. The van der Waals surface area contributed by atoms with E-state index in [9.17, 15) is 14.9 Å². The Morgan fingerprint density at radius 1 is 1.36 bits per heavy atom. The molecule has 0 aromatic heterocycles. The average Bonchev–Trinajstić information content (AvgIpc) is 2.47. The van der Waals surface area contributed by atoms with Gasteiger partial charge in [-0.15, -0.1) is 0 Å².